The summed E-state index contributed by atoms with van der Waals surface area (Å²) in [7, 11) is 3.32. The molecular weight excluding hydrogens is 887 g/mol. The number of likely N-dealkylation sites (tertiary alicyclic amines) is 1. The minimum atomic E-state index is -2.79. The standard InChI is InChI=1S/C50H62F2N12O5/c1-32(65)62-22-15-40(39(31-62)48(54)63-18-6-9-34-27-37(35(29-53)30-55-2)38(47(51)52)28-43(34)63)56-36-13-20-61(21-14-36)45(67)16-19-60-25-23-59(24-26-60)17-5-8-33-7-4-10-41-46(33)58(3)50(69)64(41)42-11-12-44(66)57-49(42)68/h4,7,10,27-30,36,42,47,53-56H,6,9,11-26,31H2,1-3H3,(H,57,66,68)/b35-30+,53-29?,54-48?. The highest BCUT2D eigenvalue weighted by molar-refractivity contribution is 6.11. The van der Waals surface area contributed by atoms with Crippen molar-refractivity contribution < 1.29 is 28.0 Å². The van der Waals surface area contributed by atoms with Crippen LogP contribution in [-0.2, 0) is 32.6 Å². The third-order valence-electron chi connectivity index (χ3n) is 14.2. The number of amides is 4. The third-order valence-corrected chi connectivity index (χ3v) is 14.2. The molecule has 0 saturated carbocycles. The lowest BCUT2D eigenvalue weighted by Gasteiger charge is -2.39. The van der Waals surface area contributed by atoms with Gasteiger partial charge < -0.3 is 35.6 Å². The second kappa shape index (κ2) is 21.3. The fourth-order valence-corrected chi connectivity index (χ4v) is 10.4. The van der Waals surface area contributed by atoms with Crippen molar-refractivity contribution in [2.75, 3.05) is 83.9 Å². The molecule has 5 aliphatic heterocycles. The molecule has 3 aromatic rings. The van der Waals surface area contributed by atoms with Gasteiger partial charge in [0.25, 0.3) is 6.43 Å². The molecule has 366 valence electrons. The van der Waals surface area contributed by atoms with Gasteiger partial charge in [0.2, 0.25) is 23.6 Å². The number of halogens is 2. The van der Waals surface area contributed by atoms with Crippen LogP contribution in [0.5, 0.6) is 0 Å². The van der Waals surface area contributed by atoms with E-state index >= 15 is 0 Å². The first-order valence-electron chi connectivity index (χ1n) is 23.9. The number of anilines is 1. The van der Waals surface area contributed by atoms with Crippen molar-refractivity contribution in [1.82, 2.24) is 44.7 Å². The number of imide groups is 1. The molecule has 17 nitrogen and oxygen atoms in total. The summed E-state index contributed by atoms with van der Waals surface area (Å²) in [6, 6.07) is 7.97. The van der Waals surface area contributed by atoms with Crippen LogP contribution >= 0.6 is 0 Å². The second-order valence-corrected chi connectivity index (χ2v) is 18.5. The SMILES string of the molecule is CN/C=C(\C=N)c1cc2c(cc1C(F)F)N(C(=N)C1=C(NC3CCN(C(=O)CCN4CCN(CC#Cc5cccc6c5n(C)c(=O)n6C5CCC(=O)NC5=O)CC4)CC3)CCN(C(C)=O)C1)CCC2. The van der Waals surface area contributed by atoms with Crippen molar-refractivity contribution in [3.8, 4) is 11.8 Å². The Kier molecular flexibility index (Phi) is 15.1. The largest absolute Gasteiger partial charge is 0.393 e. The molecule has 1 unspecified atom stereocenters. The lowest BCUT2D eigenvalue weighted by molar-refractivity contribution is -0.136. The van der Waals surface area contributed by atoms with Crippen molar-refractivity contribution in [2.24, 2.45) is 7.05 Å². The van der Waals surface area contributed by atoms with Gasteiger partial charge in [-0.05, 0) is 67.5 Å². The Balaban J connectivity index is 0.835. The van der Waals surface area contributed by atoms with Gasteiger partial charge in [0.1, 0.15) is 11.9 Å². The highest BCUT2D eigenvalue weighted by Crippen LogP contribution is 2.38. The van der Waals surface area contributed by atoms with Crippen LogP contribution in [0, 0.1) is 22.7 Å². The van der Waals surface area contributed by atoms with Gasteiger partial charge in [-0.2, -0.15) is 0 Å². The number of fused-ring (bicyclic) bond motifs is 2. The van der Waals surface area contributed by atoms with E-state index in [1.54, 1.807) is 36.0 Å². The average Bonchev–Trinajstić information content (AvgIpc) is 3.60. The van der Waals surface area contributed by atoms with Crippen molar-refractivity contribution in [2.45, 2.75) is 76.8 Å². The zero-order valence-electron chi connectivity index (χ0n) is 39.6. The quantitative estimate of drug-likeness (QED) is 0.0779. The maximum atomic E-state index is 14.6. The Labute approximate surface area is 400 Å². The normalized spacial score (nSPS) is 19.9. The number of carbonyl (C=O) groups excluding carboxylic acids is 4. The molecule has 2 aromatic carbocycles. The number of hydrogen-bond acceptors (Lipinski definition) is 11. The average molecular weight is 949 g/mol. The number of nitrogens with zero attached hydrogens (tertiary/aromatic N) is 7. The minimum Gasteiger partial charge on any atom is -0.393 e. The molecule has 0 spiro atoms. The zero-order chi connectivity index (χ0) is 48.9. The topological polar surface area (TPSA) is 195 Å². The lowest BCUT2D eigenvalue weighted by atomic mass is 9.91. The lowest BCUT2D eigenvalue weighted by Crippen LogP contribution is -2.49. The van der Waals surface area contributed by atoms with Crippen molar-refractivity contribution >= 4 is 58.0 Å². The molecule has 3 fully saturated rings. The summed E-state index contributed by atoms with van der Waals surface area (Å²) in [4.78, 5) is 73.8. The van der Waals surface area contributed by atoms with Crippen LogP contribution in [0.2, 0.25) is 0 Å². The van der Waals surface area contributed by atoms with Crippen molar-refractivity contribution in [1.29, 1.82) is 10.8 Å². The van der Waals surface area contributed by atoms with Gasteiger partial charge in [-0.3, -0.25) is 43.9 Å². The van der Waals surface area contributed by atoms with Gasteiger partial charge in [-0.1, -0.05) is 17.9 Å². The highest BCUT2D eigenvalue weighted by Gasteiger charge is 2.34. The number of rotatable bonds is 12. The molecule has 6 heterocycles. The monoisotopic (exact) mass is 948 g/mol. The van der Waals surface area contributed by atoms with Crippen LogP contribution in [0.3, 0.4) is 0 Å². The first-order chi connectivity index (χ1) is 33.3. The van der Waals surface area contributed by atoms with Crippen LogP contribution < -0.4 is 26.5 Å². The summed E-state index contributed by atoms with van der Waals surface area (Å²) < 4.78 is 32.1. The van der Waals surface area contributed by atoms with E-state index in [-0.39, 0.29) is 65.8 Å². The number of carbonyl (C=O) groups is 4. The molecule has 5 N–H and O–H groups in total. The molecule has 4 amide bonds. The Morgan fingerprint density at radius 2 is 1.71 bits per heavy atom. The number of para-hydroxylation sites is 1. The van der Waals surface area contributed by atoms with E-state index in [1.807, 2.05) is 17.0 Å². The smallest absolute Gasteiger partial charge is 0.329 e. The predicted molar refractivity (Wildman–Crippen MR) is 260 cm³/mol. The van der Waals surface area contributed by atoms with Gasteiger partial charge in [0.15, 0.2) is 0 Å². The summed E-state index contributed by atoms with van der Waals surface area (Å²) in [5, 5.41) is 26.3. The summed E-state index contributed by atoms with van der Waals surface area (Å²) in [5.74, 6) is 5.92. The van der Waals surface area contributed by atoms with Crippen LogP contribution in [0.1, 0.15) is 86.6 Å². The molecule has 8 rings (SSSR count). The molecule has 0 radical (unpaired) electrons. The van der Waals surface area contributed by atoms with Gasteiger partial charge >= 0.3 is 5.69 Å². The number of aromatic nitrogens is 2. The van der Waals surface area contributed by atoms with Crippen molar-refractivity contribution in [3.63, 3.8) is 0 Å². The van der Waals surface area contributed by atoms with Gasteiger partial charge in [0.05, 0.1) is 29.7 Å². The fourth-order valence-electron chi connectivity index (χ4n) is 10.4. The van der Waals surface area contributed by atoms with E-state index < -0.39 is 18.4 Å². The maximum Gasteiger partial charge on any atom is 0.329 e. The minimum absolute atomic E-state index is 0.0609. The number of hydrogen-bond donors (Lipinski definition) is 5. The van der Waals surface area contributed by atoms with Crippen LogP contribution in [0.25, 0.3) is 16.6 Å². The number of benzene rings is 2. The van der Waals surface area contributed by atoms with E-state index in [0.717, 1.165) is 56.5 Å². The van der Waals surface area contributed by atoms with Crippen LogP contribution in [0.15, 0.2) is 52.6 Å². The summed E-state index contributed by atoms with van der Waals surface area (Å²) in [5.41, 5.74) is 4.95. The molecule has 5 aliphatic rings. The molecule has 0 bridgehead atoms. The molecule has 0 aliphatic carbocycles. The number of aryl methyl sites for hydroxylation is 2. The first-order valence-corrected chi connectivity index (χ1v) is 23.9. The Hall–Kier alpha value is -6.65. The number of nitrogens with one attached hydrogen (secondary N) is 5. The molecular formula is C50H62F2N12O5. The number of allylic oxidation sites excluding steroid dienone is 1. The highest BCUT2D eigenvalue weighted by atomic mass is 19.3. The molecule has 19 heteroatoms. The van der Waals surface area contributed by atoms with Crippen molar-refractivity contribution in [3.05, 3.63) is 80.5 Å². The first kappa shape index (κ1) is 48.8. The predicted octanol–water partition coefficient (Wildman–Crippen LogP) is 3.34. The van der Waals surface area contributed by atoms with E-state index in [2.05, 4.69) is 37.6 Å². The summed E-state index contributed by atoms with van der Waals surface area (Å²) >= 11 is 0. The van der Waals surface area contributed by atoms with Gasteiger partial charge in [0, 0.05) is 146 Å². The molecule has 69 heavy (non-hydrogen) atoms. The fraction of sp³-hybridized carbons (Fsp3) is 0.500. The number of piperazine rings is 1. The molecule has 1 aromatic heterocycles. The van der Waals surface area contributed by atoms with E-state index in [4.69, 9.17) is 5.41 Å². The van der Waals surface area contributed by atoms with E-state index in [1.165, 1.54) is 28.3 Å². The third kappa shape index (κ3) is 10.5. The number of piperidine rings is 2. The maximum absolute atomic E-state index is 14.6. The second-order valence-electron chi connectivity index (χ2n) is 18.5. The Morgan fingerprint density at radius 1 is 0.957 bits per heavy atom. The number of alkyl halides is 2. The Bertz CT molecular complexity index is 2720. The van der Waals surface area contributed by atoms with Crippen LogP contribution in [0.4, 0.5) is 14.5 Å². The van der Waals surface area contributed by atoms with Gasteiger partial charge in [-0.15, -0.1) is 0 Å². The number of amidine groups is 1. The van der Waals surface area contributed by atoms with E-state index in [0.29, 0.717) is 98.4 Å². The Morgan fingerprint density at radius 3 is 2.41 bits per heavy atom. The summed E-state index contributed by atoms with van der Waals surface area (Å²) in [6.07, 6.45) is 3.99. The van der Waals surface area contributed by atoms with E-state index in [9.17, 15) is 38.2 Å². The van der Waals surface area contributed by atoms with Gasteiger partial charge in [-0.25, -0.2) is 13.6 Å². The molecule has 1 atom stereocenters. The summed E-state index contributed by atoms with van der Waals surface area (Å²) in [6.45, 7) is 8.35. The molecule has 3 saturated heterocycles. The number of imidazole rings is 1. The zero-order valence-corrected chi connectivity index (χ0v) is 39.6. The van der Waals surface area contributed by atoms with Crippen LogP contribution in [-0.4, -0.2) is 149 Å².